The molecule has 2 aromatic heterocycles. The van der Waals surface area contributed by atoms with Crippen LogP contribution in [0.3, 0.4) is 0 Å². The smallest absolute Gasteiger partial charge is 0.255 e. The average Bonchev–Trinajstić information content (AvgIpc) is 2.81. The standard InChI is InChI=1S/C24H20N4O2/c29-24(19-7-5-6-18(16-19)22-17-25-13-14-27-22)28-21-9-1-2-10-23(21)30-15-11-20-8-3-4-12-26-20/h1-10,12-14,16-17H,11,15H2,(H,28,29). The Hall–Kier alpha value is -4.06. The van der Waals surface area contributed by atoms with Crippen molar-refractivity contribution in [1.29, 1.82) is 0 Å². The molecule has 148 valence electrons. The predicted octanol–water partition coefficient (Wildman–Crippen LogP) is 4.41. The van der Waals surface area contributed by atoms with E-state index >= 15 is 0 Å². The lowest BCUT2D eigenvalue weighted by molar-refractivity contribution is 0.102. The molecular formula is C24H20N4O2. The first-order valence-corrected chi connectivity index (χ1v) is 9.59. The van der Waals surface area contributed by atoms with Crippen LogP contribution < -0.4 is 10.1 Å². The summed E-state index contributed by atoms with van der Waals surface area (Å²) in [7, 11) is 0. The van der Waals surface area contributed by atoms with Gasteiger partial charge in [0.15, 0.2) is 0 Å². The van der Waals surface area contributed by atoms with E-state index in [1.807, 2.05) is 54.6 Å². The van der Waals surface area contributed by atoms with Gasteiger partial charge in [0, 0.05) is 41.8 Å². The first kappa shape index (κ1) is 19.3. The van der Waals surface area contributed by atoms with Crippen LogP contribution >= 0.6 is 0 Å². The quantitative estimate of drug-likeness (QED) is 0.501. The van der Waals surface area contributed by atoms with Crippen LogP contribution in [0.5, 0.6) is 5.75 Å². The van der Waals surface area contributed by atoms with Crippen molar-refractivity contribution in [3.8, 4) is 17.0 Å². The summed E-state index contributed by atoms with van der Waals surface area (Å²) in [5.41, 5.74) is 3.65. The number of benzene rings is 2. The minimum Gasteiger partial charge on any atom is -0.491 e. The summed E-state index contributed by atoms with van der Waals surface area (Å²) in [6.45, 7) is 0.464. The monoisotopic (exact) mass is 396 g/mol. The second-order valence-corrected chi connectivity index (χ2v) is 6.54. The average molecular weight is 396 g/mol. The summed E-state index contributed by atoms with van der Waals surface area (Å²) in [5.74, 6) is 0.397. The van der Waals surface area contributed by atoms with Gasteiger partial charge in [-0.25, -0.2) is 0 Å². The second-order valence-electron chi connectivity index (χ2n) is 6.54. The maximum absolute atomic E-state index is 12.8. The van der Waals surface area contributed by atoms with Gasteiger partial charge in [-0.05, 0) is 36.4 Å². The number of ether oxygens (including phenoxy) is 1. The van der Waals surface area contributed by atoms with Crippen LogP contribution in [0.25, 0.3) is 11.3 Å². The molecule has 0 atom stereocenters. The fourth-order valence-corrected chi connectivity index (χ4v) is 2.97. The van der Waals surface area contributed by atoms with Crippen LogP contribution in [0.15, 0.2) is 91.5 Å². The molecule has 0 unspecified atom stereocenters. The van der Waals surface area contributed by atoms with Crippen LogP contribution in [0.4, 0.5) is 5.69 Å². The molecule has 0 aliphatic carbocycles. The van der Waals surface area contributed by atoms with Crippen molar-refractivity contribution in [3.63, 3.8) is 0 Å². The highest BCUT2D eigenvalue weighted by molar-refractivity contribution is 6.05. The number of carbonyl (C=O) groups excluding carboxylic acids is 1. The van der Waals surface area contributed by atoms with Gasteiger partial charge in [-0.1, -0.05) is 30.3 Å². The molecule has 2 heterocycles. The van der Waals surface area contributed by atoms with Crippen molar-refractivity contribution in [1.82, 2.24) is 15.0 Å². The van der Waals surface area contributed by atoms with E-state index in [1.54, 1.807) is 36.9 Å². The molecule has 0 bridgehead atoms. The molecule has 2 aromatic carbocycles. The van der Waals surface area contributed by atoms with Crippen LogP contribution in [0, 0.1) is 0 Å². The highest BCUT2D eigenvalue weighted by Crippen LogP contribution is 2.25. The summed E-state index contributed by atoms with van der Waals surface area (Å²) in [6.07, 6.45) is 7.36. The number of nitrogens with zero attached hydrogens (tertiary/aromatic N) is 3. The van der Waals surface area contributed by atoms with E-state index in [9.17, 15) is 4.79 Å². The molecule has 6 heteroatoms. The SMILES string of the molecule is O=C(Nc1ccccc1OCCc1ccccn1)c1cccc(-c2cnccn2)c1. The van der Waals surface area contributed by atoms with Gasteiger partial charge in [0.2, 0.25) is 0 Å². The fraction of sp³-hybridized carbons (Fsp3) is 0.0833. The first-order chi connectivity index (χ1) is 14.8. The van der Waals surface area contributed by atoms with E-state index in [-0.39, 0.29) is 5.91 Å². The van der Waals surface area contributed by atoms with Crippen LogP contribution in [-0.4, -0.2) is 27.5 Å². The number of anilines is 1. The highest BCUT2D eigenvalue weighted by Gasteiger charge is 2.11. The third-order valence-electron chi connectivity index (χ3n) is 4.46. The highest BCUT2D eigenvalue weighted by atomic mass is 16.5. The Labute approximate surface area is 174 Å². The van der Waals surface area contributed by atoms with E-state index in [2.05, 4.69) is 20.3 Å². The van der Waals surface area contributed by atoms with Crippen LogP contribution in [0.1, 0.15) is 16.1 Å². The number of aromatic nitrogens is 3. The Morgan fingerprint density at radius 2 is 1.80 bits per heavy atom. The molecule has 1 N–H and O–H groups in total. The summed E-state index contributed by atoms with van der Waals surface area (Å²) in [6, 6.07) is 20.5. The molecule has 0 saturated carbocycles. The number of pyridine rings is 1. The third kappa shape index (κ3) is 4.86. The summed E-state index contributed by atoms with van der Waals surface area (Å²) < 4.78 is 5.90. The summed E-state index contributed by atoms with van der Waals surface area (Å²) in [4.78, 5) is 25.5. The number of nitrogens with one attached hydrogen (secondary N) is 1. The van der Waals surface area contributed by atoms with Gasteiger partial charge in [0.1, 0.15) is 5.75 Å². The Morgan fingerprint density at radius 3 is 2.63 bits per heavy atom. The van der Waals surface area contributed by atoms with Crippen molar-refractivity contribution in [3.05, 3.63) is 103 Å². The molecule has 4 rings (SSSR count). The molecular weight excluding hydrogens is 376 g/mol. The number of carbonyl (C=O) groups is 1. The number of hydrogen-bond acceptors (Lipinski definition) is 5. The van der Waals surface area contributed by atoms with Crippen molar-refractivity contribution in [2.75, 3.05) is 11.9 Å². The van der Waals surface area contributed by atoms with E-state index in [1.165, 1.54) is 0 Å². The first-order valence-electron chi connectivity index (χ1n) is 9.59. The van der Waals surface area contributed by atoms with Gasteiger partial charge < -0.3 is 10.1 Å². The zero-order valence-electron chi connectivity index (χ0n) is 16.2. The number of rotatable bonds is 7. The predicted molar refractivity (Wildman–Crippen MR) is 115 cm³/mol. The normalized spacial score (nSPS) is 10.4. The Kier molecular flexibility index (Phi) is 6.05. The van der Waals surface area contributed by atoms with Crippen molar-refractivity contribution in [2.24, 2.45) is 0 Å². The molecule has 30 heavy (non-hydrogen) atoms. The Morgan fingerprint density at radius 1 is 0.900 bits per heavy atom. The minimum absolute atomic E-state index is 0.221. The zero-order chi connectivity index (χ0) is 20.6. The Bertz CT molecular complexity index is 1120. The topological polar surface area (TPSA) is 77.0 Å². The van der Waals surface area contributed by atoms with Crippen LogP contribution in [-0.2, 0) is 6.42 Å². The van der Waals surface area contributed by atoms with Crippen molar-refractivity contribution >= 4 is 11.6 Å². The minimum atomic E-state index is -0.221. The number of para-hydroxylation sites is 2. The van der Waals surface area contributed by atoms with Gasteiger partial charge in [0.25, 0.3) is 5.91 Å². The maximum Gasteiger partial charge on any atom is 0.255 e. The summed E-state index contributed by atoms with van der Waals surface area (Å²) in [5, 5.41) is 2.94. The lowest BCUT2D eigenvalue weighted by Gasteiger charge is -2.13. The van der Waals surface area contributed by atoms with Gasteiger partial charge in [-0.15, -0.1) is 0 Å². The molecule has 4 aromatic rings. The third-order valence-corrected chi connectivity index (χ3v) is 4.46. The lowest BCUT2D eigenvalue weighted by atomic mass is 10.1. The van der Waals surface area contributed by atoms with Crippen molar-refractivity contribution < 1.29 is 9.53 Å². The number of amides is 1. The fourth-order valence-electron chi connectivity index (χ4n) is 2.97. The molecule has 0 radical (unpaired) electrons. The maximum atomic E-state index is 12.8. The summed E-state index contributed by atoms with van der Waals surface area (Å²) >= 11 is 0. The molecule has 1 amide bonds. The Balaban J connectivity index is 1.45. The number of hydrogen-bond donors (Lipinski definition) is 1. The molecule has 0 fully saturated rings. The second kappa shape index (κ2) is 9.43. The molecule has 0 aliphatic rings. The molecule has 6 nitrogen and oxygen atoms in total. The van der Waals surface area contributed by atoms with E-state index in [0.717, 1.165) is 11.3 Å². The van der Waals surface area contributed by atoms with Gasteiger partial charge in [-0.2, -0.15) is 0 Å². The van der Waals surface area contributed by atoms with Gasteiger partial charge in [0.05, 0.1) is 24.2 Å². The molecule has 0 spiro atoms. The zero-order valence-corrected chi connectivity index (χ0v) is 16.2. The van der Waals surface area contributed by atoms with E-state index in [0.29, 0.717) is 35.7 Å². The molecule has 0 saturated heterocycles. The van der Waals surface area contributed by atoms with E-state index < -0.39 is 0 Å². The van der Waals surface area contributed by atoms with Crippen molar-refractivity contribution in [2.45, 2.75) is 6.42 Å². The van der Waals surface area contributed by atoms with Gasteiger partial charge in [-0.3, -0.25) is 19.7 Å². The lowest BCUT2D eigenvalue weighted by Crippen LogP contribution is -2.13. The van der Waals surface area contributed by atoms with Crippen LogP contribution in [0.2, 0.25) is 0 Å². The van der Waals surface area contributed by atoms with E-state index in [4.69, 9.17) is 4.74 Å². The molecule has 0 aliphatic heterocycles. The largest absolute Gasteiger partial charge is 0.491 e. The van der Waals surface area contributed by atoms with Gasteiger partial charge >= 0.3 is 0 Å².